The molecule has 0 saturated carbocycles. The highest BCUT2D eigenvalue weighted by molar-refractivity contribution is 9.10. The standard InChI is InChI=1S/C39H41BrF3N7O4/c40-27-21-32(42)36(33(43)22-27)39(54)49-9-7-25(8-10-49)23-46-11-13-47(14-12-46)24-35(51)48-15-17-50(18-16-48)38(53)30-19-26(5-6-31(30)41)20-34-28-3-1-2-4-29(28)37(52)45-44-34/h1-6,19,21-22,25H,7-18,20,23-24H2,(H,45,52). The molecule has 3 fully saturated rings. The van der Waals surface area contributed by atoms with Crippen LogP contribution in [0.3, 0.4) is 0 Å². The van der Waals surface area contributed by atoms with Crippen LogP contribution in [0, 0.1) is 23.4 Å². The van der Waals surface area contributed by atoms with Gasteiger partial charge < -0.3 is 19.6 Å². The fourth-order valence-corrected chi connectivity index (χ4v) is 8.09. The Morgan fingerprint density at radius 3 is 2.02 bits per heavy atom. The molecule has 54 heavy (non-hydrogen) atoms. The van der Waals surface area contributed by atoms with Crippen molar-refractivity contribution in [3.8, 4) is 0 Å². The van der Waals surface area contributed by atoms with E-state index < -0.39 is 34.8 Å². The van der Waals surface area contributed by atoms with Gasteiger partial charge in [0, 0.05) is 88.3 Å². The van der Waals surface area contributed by atoms with E-state index in [1.807, 2.05) is 12.1 Å². The van der Waals surface area contributed by atoms with Crippen LogP contribution >= 0.6 is 15.9 Å². The SMILES string of the molecule is O=C(CN1CCN(CC2CCN(C(=O)c3c(F)cc(Br)cc3F)CC2)CC1)N1CCN(C(=O)c2cc(Cc3n[nH]c(=O)c4ccccc34)ccc2F)CC1. The number of carbonyl (C=O) groups excluding carboxylic acids is 3. The maximum absolute atomic E-state index is 15.0. The smallest absolute Gasteiger partial charge is 0.272 e. The zero-order valence-electron chi connectivity index (χ0n) is 29.7. The quantitative estimate of drug-likeness (QED) is 0.285. The monoisotopic (exact) mass is 807 g/mol. The molecular formula is C39H41BrF3N7O4. The van der Waals surface area contributed by atoms with Crippen LogP contribution in [0.2, 0.25) is 0 Å². The average molecular weight is 809 g/mol. The van der Waals surface area contributed by atoms with Gasteiger partial charge in [0.15, 0.2) is 0 Å². The summed E-state index contributed by atoms with van der Waals surface area (Å²) in [4.78, 5) is 61.1. The molecule has 1 aromatic heterocycles. The van der Waals surface area contributed by atoms with Crippen LogP contribution in [0.25, 0.3) is 10.8 Å². The lowest BCUT2D eigenvalue weighted by atomic mass is 9.95. The van der Waals surface area contributed by atoms with Crippen LogP contribution in [0.15, 0.2) is 63.9 Å². The molecule has 284 valence electrons. The van der Waals surface area contributed by atoms with Gasteiger partial charge in [0.05, 0.1) is 23.2 Å². The minimum absolute atomic E-state index is 0.0000393. The molecular weight excluding hydrogens is 767 g/mol. The zero-order chi connectivity index (χ0) is 37.9. The Morgan fingerprint density at radius 1 is 0.722 bits per heavy atom. The first-order chi connectivity index (χ1) is 26.0. The van der Waals surface area contributed by atoms with Gasteiger partial charge in [-0.15, -0.1) is 0 Å². The van der Waals surface area contributed by atoms with Crippen LogP contribution in [-0.2, 0) is 11.2 Å². The van der Waals surface area contributed by atoms with Crippen molar-refractivity contribution in [3.63, 3.8) is 0 Å². The third-order valence-corrected chi connectivity index (χ3v) is 11.2. The number of nitrogens with one attached hydrogen (secondary N) is 1. The number of amides is 3. The van der Waals surface area contributed by atoms with Gasteiger partial charge in [-0.05, 0) is 54.7 Å². The van der Waals surface area contributed by atoms with Crippen LogP contribution in [-0.4, -0.2) is 131 Å². The van der Waals surface area contributed by atoms with E-state index in [-0.39, 0.29) is 28.0 Å². The van der Waals surface area contributed by atoms with E-state index in [4.69, 9.17) is 0 Å². The number of hydrogen-bond acceptors (Lipinski definition) is 7. The first-order valence-corrected chi connectivity index (χ1v) is 19.0. The van der Waals surface area contributed by atoms with E-state index in [1.165, 1.54) is 17.0 Å². The predicted molar refractivity (Wildman–Crippen MR) is 200 cm³/mol. The van der Waals surface area contributed by atoms with Crippen molar-refractivity contribution in [1.82, 2.24) is 34.7 Å². The third-order valence-electron chi connectivity index (χ3n) is 10.8. The molecule has 15 heteroatoms. The molecule has 3 aromatic carbocycles. The number of hydrogen-bond donors (Lipinski definition) is 1. The van der Waals surface area contributed by atoms with E-state index in [2.05, 4.69) is 35.9 Å². The third kappa shape index (κ3) is 8.37. The summed E-state index contributed by atoms with van der Waals surface area (Å²) in [6.07, 6.45) is 1.81. The second kappa shape index (κ2) is 16.4. The maximum Gasteiger partial charge on any atom is 0.272 e. The number of halogens is 4. The molecule has 0 unspecified atom stereocenters. The fourth-order valence-electron chi connectivity index (χ4n) is 7.68. The number of aromatic amines is 1. The Balaban J connectivity index is 0.842. The van der Waals surface area contributed by atoms with E-state index in [1.54, 1.807) is 28.0 Å². The molecule has 3 aliphatic rings. The number of nitrogens with zero attached hydrogens (tertiary/aromatic N) is 6. The summed E-state index contributed by atoms with van der Waals surface area (Å²) in [6.45, 7) is 6.46. The van der Waals surface area contributed by atoms with E-state index in [9.17, 15) is 32.3 Å². The summed E-state index contributed by atoms with van der Waals surface area (Å²) in [6, 6.07) is 13.7. The summed E-state index contributed by atoms with van der Waals surface area (Å²) in [5.74, 6) is -3.04. The predicted octanol–water partition coefficient (Wildman–Crippen LogP) is 4.15. The van der Waals surface area contributed by atoms with Crippen molar-refractivity contribution in [1.29, 1.82) is 0 Å². The summed E-state index contributed by atoms with van der Waals surface area (Å²) in [5.41, 5.74) is 0.460. The number of aromatic nitrogens is 2. The fraction of sp³-hybridized carbons (Fsp3) is 0.410. The lowest BCUT2D eigenvalue weighted by Gasteiger charge is -2.40. The Labute approximate surface area is 318 Å². The Bertz CT molecular complexity index is 2090. The van der Waals surface area contributed by atoms with Crippen LogP contribution in [0.1, 0.15) is 44.8 Å². The average Bonchev–Trinajstić information content (AvgIpc) is 3.17. The van der Waals surface area contributed by atoms with E-state index >= 15 is 0 Å². The van der Waals surface area contributed by atoms with Crippen molar-refractivity contribution in [2.45, 2.75) is 19.3 Å². The summed E-state index contributed by atoms with van der Waals surface area (Å²) >= 11 is 3.05. The van der Waals surface area contributed by atoms with Crippen LogP contribution < -0.4 is 5.56 Å². The van der Waals surface area contributed by atoms with Gasteiger partial charge in [0.1, 0.15) is 23.0 Å². The number of likely N-dealkylation sites (tertiary alicyclic amines) is 1. The van der Waals surface area contributed by atoms with Crippen LogP contribution in [0.5, 0.6) is 0 Å². The van der Waals surface area contributed by atoms with Gasteiger partial charge >= 0.3 is 0 Å². The second-order valence-electron chi connectivity index (χ2n) is 14.3. The number of piperidine rings is 1. The van der Waals surface area contributed by atoms with Gasteiger partial charge in [0.25, 0.3) is 17.4 Å². The van der Waals surface area contributed by atoms with Crippen molar-refractivity contribution in [3.05, 3.63) is 109 Å². The highest BCUT2D eigenvalue weighted by atomic mass is 79.9. The molecule has 1 N–H and O–H groups in total. The van der Waals surface area contributed by atoms with Gasteiger partial charge in [-0.3, -0.25) is 24.1 Å². The first kappa shape index (κ1) is 37.7. The number of piperazine rings is 2. The number of carbonyl (C=O) groups is 3. The molecule has 0 bridgehead atoms. The van der Waals surface area contributed by atoms with Crippen molar-refractivity contribution < 1.29 is 27.6 Å². The van der Waals surface area contributed by atoms with E-state index in [0.717, 1.165) is 57.7 Å². The summed E-state index contributed by atoms with van der Waals surface area (Å²) in [5, 5.41) is 7.92. The highest BCUT2D eigenvalue weighted by Crippen LogP contribution is 2.25. The largest absolute Gasteiger partial charge is 0.338 e. The number of fused-ring (bicyclic) bond motifs is 1. The first-order valence-electron chi connectivity index (χ1n) is 18.2. The van der Waals surface area contributed by atoms with Crippen molar-refractivity contribution in [2.24, 2.45) is 5.92 Å². The molecule has 11 nitrogen and oxygen atoms in total. The van der Waals surface area contributed by atoms with Gasteiger partial charge in [-0.1, -0.05) is 40.2 Å². The molecule has 0 spiro atoms. The minimum atomic E-state index is -0.870. The molecule has 0 radical (unpaired) electrons. The number of benzene rings is 3. The number of rotatable bonds is 8. The van der Waals surface area contributed by atoms with Gasteiger partial charge in [-0.2, -0.15) is 5.10 Å². The maximum atomic E-state index is 15.0. The van der Waals surface area contributed by atoms with Gasteiger partial charge in [-0.25, -0.2) is 18.3 Å². The molecule has 4 aromatic rings. The molecule has 0 aliphatic carbocycles. The molecule has 4 heterocycles. The molecule has 0 atom stereocenters. The summed E-state index contributed by atoms with van der Waals surface area (Å²) in [7, 11) is 0. The molecule has 3 saturated heterocycles. The van der Waals surface area contributed by atoms with E-state index in [0.29, 0.717) is 73.6 Å². The van der Waals surface area contributed by atoms with Gasteiger partial charge in [0.2, 0.25) is 5.91 Å². The molecule has 7 rings (SSSR count). The van der Waals surface area contributed by atoms with Crippen molar-refractivity contribution in [2.75, 3.05) is 78.5 Å². The van der Waals surface area contributed by atoms with Crippen molar-refractivity contribution >= 4 is 44.4 Å². The van der Waals surface area contributed by atoms with Crippen LogP contribution in [0.4, 0.5) is 13.2 Å². The zero-order valence-corrected chi connectivity index (χ0v) is 31.3. The second-order valence-corrected chi connectivity index (χ2v) is 15.2. The lowest BCUT2D eigenvalue weighted by molar-refractivity contribution is -0.134. The molecule has 3 amide bonds. The summed E-state index contributed by atoms with van der Waals surface area (Å²) < 4.78 is 43.9. The Hall–Kier alpha value is -4.60. The lowest BCUT2D eigenvalue weighted by Crippen LogP contribution is -2.55. The number of H-pyrrole nitrogens is 1. The normalized spacial score (nSPS) is 17.7. The topological polar surface area (TPSA) is 113 Å². The Kier molecular flexibility index (Phi) is 11.5. The minimum Gasteiger partial charge on any atom is -0.338 e. The highest BCUT2D eigenvalue weighted by Gasteiger charge is 2.31. The molecule has 3 aliphatic heterocycles. The Morgan fingerprint density at radius 2 is 1.33 bits per heavy atom.